The number of nitrogens with two attached hydrogens (primary N) is 1. The Morgan fingerprint density at radius 3 is 2.68 bits per heavy atom. The average molecular weight is 664 g/mol. The van der Waals surface area contributed by atoms with Crippen molar-refractivity contribution in [2.24, 2.45) is 0 Å². The number of nitrogens with one attached hydrogen (secondary N) is 1. The third kappa shape index (κ3) is 5.49. The van der Waals surface area contributed by atoms with Gasteiger partial charge in [-0.1, -0.05) is 6.92 Å². The first-order valence-electron chi connectivity index (χ1n) is 16.0. The number of piperazine rings is 1. The van der Waals surface area contributed by atoms with Crippen molar-refractivity contribution in [1.82, 2.24) is 25.2 Å². The third-order valence-corrected chi connectivity index (χ3v) is 10.1. The van der Waals surface area contributed by atoms with Gasteiger partial charge in [-0.3, -0.25) is 4.90 Å². The minimum atomic E-state index is -5.17. The second-order valence-corrected chi connectivity index (χ2v) is 13.4. The number of pyridine rings is 1. The molecule has 3 aromatic rings. The molecule has 3 saturated heterocycles. The largest absolute Gasteiger partial charge is 0.472 e. The van der Waals surface area contributed by atoms with Gasteiger partial charge in [0.1, 0.15) is 46.5 Å². The summed E-state index contributed by atoms with van der Waals surface area (Å²) in [6.45, 7) is 10.6. The first kappa shape index (κ1) is 32.0. The van der Waals surface area contributed by atoms with Gasteiger partial charge in [0.15, 0.2) is 5.82 Å². The highest BCUT2D eigenvalue weighted by atomic mass is 19.4. The van der Waals surface area contributed by atoms with E-state index in [0.717, 1.165) is 31.9 Å². The number of anilines is 2. The molecule has 0 radical (unpaired) electrons. The number of nitrogens with zero attached hydrogens (tertiary/aromatic N) is 5. The van der Waals surface area contributed by atoms with Gasteiger partial charge in [-0.2, -0.15) is 23.1 Å². The Labute approximate surface area is 268 Å². The predicted molar refractivity (Wildman–Crippen MR) is 164 cm³/mol. The van der Waals surface area contributed by atoms with Crippen LogP contribution in [0.3, 0.4) is 0 Å². The first-order valence-corrected chi connectivity index (χ1v) is 16.0. The Morgan fingerprint density at radius 1 is 1.15 bits per heavy atom. The number of fused-ring (bicyclic) bond motifs is 3. The fourth-order valence-corrected chi connectivity index (χ4v) is 7.65. The number of benzene rings is 1. The second kappa shape index (κ2) is 11.5. The van der Waals surface area contributed by atoms with Crippen molar-refractivity contribution < 1.29 is 36.2 Å². The fraction of sp³-hybridized carbons (Fsp3) is 0.594. The minimum Gasteiger partial charge on any atom is -0.472 e. The van der Waals surface area contributed by atoms with Crippen molar-refractivity contribution in [2.45, 2.75) is 89.0 Å². The summed E-state index contributed by atoms with van der Waals surface area (Å²) in [7, 11) is 0. The second-order valence-electron chi connectivity index (χ2n) is 13.4. The Bertz CT molecular complexity index is 1710. The van der Waals surface area contributed by atoms with Gasteiger partial charge in [0.2, 0.25) is 5.88 Å². The lowest BCUT2D eigenvalue weighted by molar-refractivity contribution is -0.139. The van der Waals surface area contributed by atoms with Crippen LogP contribution in [0, 0.1) is 11.6 Å². The molecule has 47 heavy (non-hydrogen) atoms. The standard InChI is InChI=1S/C32H38F5N7O3/c1-5-17-13-44-21(12-39-17)15(2)47-29-23-27(25(34)26(40-29)19-10-16(38)11-20(33)24(19)32(35,36)37)41-30(42-28(23)44)45-14-18-6-7-22-31(3,4)46-9-8-43(18)22/h10-11,15,17-18,21-22,39H,5-9,12-14,38H2,1-4H3/t15-,17+,18?,21-,22?/m0/s1. The number of hydrogen-bond donors (Lipinski definition) is 2. The van der Waals surface area contributed by atoms with Crippen molar-refractivity contribution in [1.29, 1.82) is 0 Å². The Morgan fingerprint density at radius 2 is 1.94 bits per heavy atom. The van der Waals surface area contributed by atoms with Gasteiger partial charge in [0, 0.05) is 49.0 Å². The first-order chi connectivity index (χ1) is 22.3. The summed E-state index contributed by atoms with van der Waals surface area (Å²) >= 11 is 0. The lowest BCUT2D eigenvalue weighted by Crippen LogP contribution is -2.60. The molecule has 4 aliphatic rings. The van der Waals surface area contributed by atoms with E-state index in [2.05, 4.69) is 34.0 Å². The number of halogens is 5. The molecule has 15 heteroatoms. The summed E-state index contributed by atoms with van der Waals surface area (Å²) in [5, 5.41) is 3.60. The van der Waals surface area contributed by atoms with E-state index in [4.69, 9.17) is 24.9 Å². The van der Waals surface area contributed by atoms with E-state index in [-0.39, 0.29) is 64.9 Å². The van der Waals surface area contributed by atoms with Crippen LogP contribution in [0.25, 0.3) is 22.2 Å². The maximum absolute atomic E-state index is 16.7. The van der Waals surface area contributed by atoms with Crippen LogP contribution in [0.15, 0.2) is 12.1 Å². The van der Waals surface area contributed by atoms with Gasteiger partial charge in [-0.05, 0) is 52.2 Å². The lowest BCUT2D eigenvalue weighted by atomic mass is 9.95. The molecule has 0 spiro atoms. The molecule has 2 unspecified atom stereocenters. The molecule has 0 amide bonds. The summed E-state index contributed by atoms with van der Waals surface area (Å²) < 4.78 is 92.5. The van der Waals surface area contributed by atoms with Crippen molar-refractivity contribution in [3.05, 3.63) is 29.3 Å². The Kier molecular flexibility index (Phi) is 7.87. The van der Waals surface area contributed by atoms with Crippen LogP contribution in [0.5, 0.6) is 11.9 Å². The highest BCUT2D eigenvalue weighted by Crippen LogP contribution is 2.46. The quantitative estimate of drug-likeness (QED) is 0.288. The topological polar surface area (TPSA) is 111 Å². The maximum atomic E-state index is 16.7. The van der Waals surface area contributed by atoms with Crippen molar-refractivity contribution in [3.63, 3.8) is 0 Å². The smallest absolute Gasteiger partial charge is 0.419 e. The van der Waals surface area contributed by atoms with Gasteiger partial charge in [-0.15, -0.1) is 0 Å². The molecule has 254 valence electrons. The summed E-state index contributed by atoms with van der Waals surface area (Å²) in [5.41, 5.74) is 1.46. The monoisotopic (exact) mass is 663 g/mol. The number of ether oxygens (including phenoxy) is 3. The summed E-state index contributed by atoms with van der Waals surface area (Å²) in [5.74, 6) is -2.67. The van der Waals surface area contributed by atoms with E-state index < -0.39 is 40.7 Å². The van der Waals surface area contributed by atoms with Crippen LogP contribution in [0.1, 0.15) is 52.5 Å². The van der Waals surface area contributed by atoms with Crippen molar-refractivity contribution >= 4 is 22.4 Å². The van der Waals surface area contributed by atoms with Gasteiger partial charge in [-0.25, -0.2) is 13.8 Å². The molecule has 10 nitrogen and oxygen atoms in total. The molecule has 7 rings (SSSR count). The molecule has 4 aliphatic heterocycles. The maximum Gasteiger partial charge on any atom is 0.419 e. The van der Waals surface area contributed by atoms with Gasteiger partial charge in [0.25, 0.3) is 0 Å². The van der Waals surface area contributed by atoms with Crippen molar-refractivity contribution in [3.8, 4) is 23.1 Å². The Balaban J connectivity index is 1.37. The molecule has 0 saturated carbocycles. The molecule has 3 fully saturated rings. The van der Waals surface area contributed by atoms with E-state index in [1.165, 1.54) is 0 Å². The fourth-order valence-electron chi connectivity index (χ4n) is 7.65. The van der Waals surface area contributed by atoms with Crippen LogP contribution < -0.4 is 25.4 Å². The number of nitrogen functional groups attached to an aromatic ring is 1. The highest BCUT2D eigenvalue weighted by molar-refractivity contribution is 5.97. The van der Waals surface area contributed by atoms with E-state index >= 15 is 4.39 Å². The zero-order chi connectivity index (χ0) is 33.4. The summed E-state index contributed by atoms with van der Waals surface area (Å²) in [4.78, 5) is 17.8. The number of aromatic nitrogens is 3. The zero-order valence-electron chi connectivity index (χ0n) is 26.6. The Hall–Kier alpha value is -3.56. The van der Waals surface area contributed by atoms with Crippen LogP contribution in [-0.2, 0) is 10.9 Å². The number of hydrogen-bond acceptors (Lipinski definition) is 10. The van der Waals surface area contributed by atoms with Gasteiger partial charge >= 0.3 is 12.2 Å². The van der Waals surface area contributed by atoms with Gasteiger partial charge in [0.05, 0.1) is 18.2 Å². The summed E-state index contributed by atoms with van der Waals surface area (Å²) in [6, 6.07) is 1.36. The zero-order valence-corrected chi connectivity index (χ0v) is 26.6. The van der Waals surface area contributed by atoms with E-state index in [9.17, 15) is 17.6 Å². The normalized spacial score (nSPS) is 27.3. The molecule has 0 bridgehead atoms. The van der Waals surface area contributed by atoms with Crippen LogP contribution >= 0.6 is 0 Å². The van der Waals surface area contributed by atoms with Crippen LogP contribution in [0.2, 0.25) is 0 Å². The molecule has 3 N–H and O–H groups in total. The number of alkyl halides is 3. The SMILES string of the molecule is CC[C@@H]1CN2c3nc(OCC4CCC5N4CCOC5(C)C)nc4c(F)c(-c5cc(N)cc(F)c5C(F)(F)F)nc(c34)O[C@@H](C)[C@@H]2CN1. The number of rotatable bonds is 5. The molecule has 5 atom stereocenters. The highest BCUT2D eigenvalue weighted by Gasteiger charge is 2.46. The molecule has 2 aromatic heterocycles. The summed E-state index contributed by atoms with van der Waals surface area (Å²) in [6.07, 6.45) is -3.11. The molecule has 6 heterocycles. The third-order valence-electron chi connectivity index (χ3n) is 10.1. The lowest BCUT2D eigenvalue weighted by Gasteiger charge is -2.44. The minimum absolute atomic E-state index is 0.0411. The molecule has 1 aromatic carbocycles. The van der Waals surface area contributed by atoms with E-state index in [1.54, 1.807) is 6.92 Å². The number of morpholine rings is 1. The predicted octanol–water partition coefficient (Wildman–Crippen LogP) is 4.93. The molecular weight excluding hydrogens is 625 g/mol. The van der Waals surface area contributed by atoms with Gasteiger partial charge < -0.3 is 30.2 Å². The van der Waals surface area contributed by atoms with E-state index in [1.807, 2.05) is 11.8 Å². The van der Waals surface area contributed by atoms with E-state index in [0.29, 0.717) is 31.6 Å². The average Bonchev–Trinajstić information content (AvgIpc) is 3.39. The molecule has 0 aliphatic carbocycles. The molecular formula is C32H38F5N7O3. The van der Waals surface area contributed by atoms with Crippen LogP contribution in [-0.4, -0.2) is 88.6 Å². The van der Waals surface area contributed by atoms with Crippen molar-refractivity contribution in [2.75, 3.05) is 43.5 Å². The van der Waals surface area contributed by atoms with Crippen LogP contribution in [0.4, 0.5) is 33.5 Å².